The maximum absolute atomic E-state index is 12.4. The highest BCUT2D eigenvalue weighted by molar-refractivity contribution is 6.43. The van der Waals surface area contributed by atoms with Crippen molar-refractivity contribution < 1.29 is 9.59 Å². The molecule has 0 aliphatic carbocycles. The molecule has 0 aromatic heterocycles. The Morgan fingerprint density at radius 2 is 1.35 bits per heavy atom. The summed E-state index contributed by atoms with van der Waals surface area (Å²) in [6.45, 7) is 1.28. The van der Waals surface area contributed by atoms with Crippen LogP contribution < -0.4 is 16.0 Å². The molecule has 3 aromatic carbocycles. The molecule has 0 radical (unpaired) electrons. The minimum Gasteiger partial charge on any atom is -0.348 e. The fraction of sp³-hybridized carbons (Fsp3) is 0.167. The molecule has 0 atom stereocenters. The zero-order chi connectivity index (χ0) is 22.1. The van der Waals surface area contributed by atoms with E-state index in [1.54, 1.807) is 18.2 Å². The van der Waals surface area contributed by atoms with Crippen LogP contribution in [-0.4, -0.2) is 18.5 Å². The van der Waals surface area contributed by atoms with E-state index in [1.165, 1.54) is 5.56 Å². The van der Waals surface area contributed by atoms with Crippen molar-refractivity contribution in [2.75, 3.05) is 6.54 Å². The lowest BCUT2D eigenvalue weighted by molar-refractivity contribution is 0.0951. The molecule has 0 saturated carbocycles. The highest BCUT2D eigenvalue weighted by Crippen LogP contribution is 2.25. The van der Waals surface area contributed by atoms with Gasteiger partial charge in [-0.3, -0.25) is 4.79 Å². The molecule has 0 spiro atoms. The number of nitrogens with one attached hydrogen (secondary N) is 3. The number of amides is 3. The molecule has 0 unspecified atom stereocenters. The van der Waals surface area contributed by atoms with Crippen molar-refractivity contribution in [2.45, 2.75) is 19.5 Å². The van der Waals surface area contributed by atoms with Crippen molar-refractivity contribution in [1.82, 2.24) is 16.0 Å². The summed E-state index contributed by atoms with van der Waals surface area (Å²) >= 11 is 12.1. The zero-order valence-corrected chi connectivity index (χ0v) is 18.3. The summed E-state index contributed by atoms with van der Waals surface area (Å²) < 4.78 is 0. The summed E-state index contributed by atoms with van der Waals surface area (Å²) in [6, 6.07) is 22.4. The Morgan fingerprint density at radius 3 is 2.10 bits per heavy atom. The number of hydrogen-bond acceptors (Lipinski definition) is 2. The van der Waals surface area contributed by atoms with Gasteiger partial charge in [0.1, 0.15) is 0 Å². The summed E-state index contributed by atoms with van der Waals surface area (Å²) in [5.41, 5.74) is 3.36. The largest absolute Gasteiger partial charge is 0.348 e. The summed E-state index contributed by atoms with van der Waals surface area (Å²) in [4.78, 5) is 24.4. The SMILES string of the molecule is O=C(NCCc1ccccc1)NCc1cccc(CNC(=O)c2cccc(Cl)c2Cl)c1. The first-order valence-corrected chi connectivity index (χ1v) is 10.6. The second-order valence-electron chi connectivity index (χ2n) is 6.95. The van der Waals surface area contributed by atoms with E-state index >= 15 is 0 Å². The van der Waals surface area contributed by atoms with Crippen LogP contribution in [0.3, 0.4) is 0 Å². The van der Waals surface area contributed by atoms with Gasteiger partial charge >= 0.3 is 6.03 Å². The van der Waals surface area contributed by atoms with E-state index in [9.17, 15) is 9.59 Å². The van der Waals surface area contributed by atoms with Crippen molar-refractivity contribution in [1.29, 1.82) is 0 Å². The maximum atomic E-state index is 12.4. The van der Waals surface area contributed by atoms with Gasteiger partial charge in [0, 0.05) is 19.6 Å². The van der Waals surface area contributed by atoms with Gasteiger partial charge in [0.05, 0.1) is 15.6 Å². The molecule has 0 fully saturated rings. The summed E-state index contributed by atoms with van der Waals surface area (Å²) in [5, 5.41) is 9.11. The van der Waals surface area contributed by atoms with Gasteiger partial charge in [-0.2, -0.15) is 0 Å². The summed E-state index contributed by atoms with van der Waals surface area (Å²) in [7, 11) is 0. The standard InChI is InChI=1S/C24H23Cl2N3O2/c25-21-11-5-10-20(22(21)26)23(30)28-15-18-8-4-9-19(14-18)16-29-24(31)27-13-12-17-6-2-1-3-7-17/h1-11,14H,12-13,15-16H2,(H,28,30)(H2,27,29,31). The van der Waals surface area contributed by atoms with Gasteiger partial charge in [0.25, 0.3) is 5.91 Å². The first-order valence-electron chi connectivity index (χ1n) is 9.88. The Morgan fingerprint density at radius 1 is 0.710 bits per heavy atom. The Kier molecular flexibility index (Phi) is 8.33. The highest BCUT2D eigenvalue weighted by atomic mass is 35.5. The summed E-state index contributed by atoms with van der Waals surface area (Å²) in [6.07, 6.45) is 0.778. The van der Waals surface area contributed by atoms with Crippen LogP contribution in [0.4, 0.5) is 4.79 Å². The van der Waals surface area contributed by atoms with Crippen LogP contribution in [-0.2, 0) is 19.5 Å². The van der Waals surface area contributed by atoms with Crippen LogP contribution in [0.25, 0.3) is 0 Å². The van der Waals surface area contributed by atoms with E-state index in [-0.39, 0.29) is 17.0 Å². The fourth-order valence-electron chi connectivity index (χ4n) is 3.02. The topological polar surface area (TPSA) is 70.2 Å². The molecular weight excluding hydrogens is 433 g/mol. The first-order chi connectivity index (χ1) is 15.0. The van der Waals surface area contributed by atoms with Crippen LogP contribution >= 0.6 is 23.2 Å². The van der Waals surface area contributed by atoms with Gasteiger partial charge in [-0.15, -0.1) is 0 Å². The molecule has 3 amide bonds. The molecule has 0 heterocycles. The molecule has 0 aliphatic rings. The van der Waals surface area contributed by atoms with Crippen LogP contribution in [0.1, 0.15) is 27.0 Å². The maximum Gasteiger partial charge on any atom is 0.315 e. The lowest BCUT2D eigenvalue weighted by atomic mass is 10.1. The van der Waals surface area contributed by atoms with Crippen LogP contribution in [0.2, 0.25) is 10.0 Å². The lowest BCUT2D eigenvalue weighted by Gasteiger charge is -2.10. The molecular formula is C24H23Cl2N3O2. The quantitative estimate of drug-likeness (QED) is 0.448. The van der Waals surface area contributed by atoms with E-state index in [4.69, 9.17) is 23.2 Å². The van der Waals surface area contributed by atoms with Crippen LogP contribution in [0.5, 0.6) is 0 Å². The molecule has 3 N–H and O–H groups in total. The predicted octanol–water partition coefficient (Wildman–Crippen LogP) is 4.97. The average molecular weight is 456 g/mol. The third-order valence-electron chi connectivity index (χ3n) is 4.64. The molecule has 0 aliphatic heterocycles. The molecule has 3 rings (SSSR count). The first kappa shape index (κ1) is 22.7. The van der Waals surface area contributed by atoms with E-state index in [0.717, 1.165) is 17.5 Å². The second-order valence-corrected chi connectivity index (χ2v) is 7.73. The minimum absolute atomic E-state index is 0.217. The number of carbonyl (C=O) groups excluding carboxylic acids is 2. The second kappa shape index (κ2) is 11.4. The summed E-state index contributed by atoms with van der Waals surface area (Å²) in [5.74, 6) is -0.297. The highest BCUT2D eigenvalue weighted by Gasteiger charge is 2.12. The van der Waals surface area contributed by atoms with Crippen molar-refractivity contribution in [3.05, 3.63) is 105 Å². The van der Waals surface area contributed by atoms with Gasteiger partial charge in [-0.1, -0.05) is 83.9 Å². The number of benzene rings is 3. The third-order valence-corrected chi connectivity index (χ3v) is 5.45. The number of rotatable bonds is 8. The Labute approximate surface area is 191 Å². The Hall–Kier alpha value is -3.02. The van der Waals surface area contributed by atoms with Gasteiger partial charge in [-0.25, -0.2) is 4.79 Å². The van der Waals surface area contributed by atoms with Crippen molar-refractivity contribution in [2.24, 2.45) is 0 Å². The Balaban J connectivity index is 1.44. The van der Waals surface area contributed by atoms with Gasteiger partial charge in [-0.05, 0) is 35.2 Å². The third kappa shape index (κ3) is 7.02. The smallest absolute Gasteiger partial charge is 0.315 e. The number of hydrogen-bond donors (Lipinski definition) is 3. The van der Waals surface area contributed by atoms with Gasteiger partial charge in [0.2, 0.25) is 0 Å². The van der Waals surface area contributed by atoms with E-state index < -0.39 is 0 Å². The molecule has 160 valence electrons. The van der Waals surface area contributed by atoms with E-state index in [2.05, 4.69) is 16.0 Å². The number of carbonyl (C=O) groups is 2. The minimum atomic E-state index is -0.297. The fourth-order valence-corrected chi connectivity index (χ4v) is 3.40. The molecule has 31 heavy (non-hydrogen) atoms. The monoisotopic (exact) mass is 455 g/mol. The zero-order valence-electron chi connectivity index (χ0n) is 16.8. The van der Waals surface area contributed by atoms with E-state index in [1.807, 2.05) is 54.6 Å². The van der Waals surface area contributed by atoms with Crippen molar-refractivity contribution in [3.63, 3.8) is 0 Å². The average Bonchev–Trinajstić information content (AvgIpc) is 2.79. The molecule has 7 heteroatoms. The van der Waals surface area contributed by atoms with Crippen molar-refractivity contribution >= 4 is 35.1 Å². The number of urea groups is 1. The molecule has 3 aromatic rings. The van der Waals surface area contributed by atoms with Crippen molar-refractivity contribution in [3.8, 4) is 0 Å². The molecule has 0 saturated heterocycles. The van der Waals surface area contributed by atoms with Crippen LogP contribution in [0, 0.1) is 0 Å². The van der Waals surface area contributed by atoms with E-state index in [0.29, 0.717) is 30.2 Å². The molecule has 0 bridgehead atoms. The van der Waals surface area contributed by atoms with Crippen LogP contribution in [0.15, 0.2) is 72.8 Å². The Bertz CT molecular complexity index is 1040. The predicted molar refractivity (Wildman–Crippen MR) is 124 cm³/mol. The van der Waals surface area contributed by atoms with Gasteiger partial charge in [0.15, 0.2) is 0 Å². The molecule has 5 nitrogen and oxygen atoms in total. The van der Waals surface area contributed by atoms with Gasteiger partial charge < -0.3 is 16.0 Å². The lowest BCUT2D eigenvalue weighted by Crippen LogP contribution is -2.36. The number of halogens is 2. The normalized spacial score (nSPS) is 10.4.